The van der Waals surface area contributed by atoms with Crippen molar-refractivity contribution in [2.45, 2.75) is 44.7 Å². The summed E-state index contributed by atoms with van der Waals surface area (Å²) in [4.78, 5) is 8.93. The Hall–Kier alpha value is -0.926. The van der Waals surface area contributed by atoms with E-state index in [0.717, 1.165) is 11.5 Å². The number of fused-ring (bicyclic) bond motifs is 1. The van der Waals surface area contributed by atoms with Crippen LogP contribution in [0.1, 0.15) is 5.69 Å². The molecule has 18 heavy (non-hydrogen) atoms. The van der Waals surface area contributed by atoms with Crippen LogP contribution in [-0.4, -0.2) is 37.2 Å². The molecule has 1 aromatic heterocycles. The molecule has 1 aliphatic heterocycles. The van der Waals surface area contributed by atoms with Gasteiger partial charge < -0.3 is 9.55 Å². The molecule has 0 aromatic carbocycles. The molecule has 5 nitrogen and oxygen atoms in total. The molecule has 0 saturated carbocycles. The van der Waals surface area contributed by atoms with Gasteiger partial charge >= 0.3 is 0 Å². The Bertz CT molecular complexity index is 495. The summed E-state index contributed by atoms with van der Waals surface area (Å²) in [6, 6.07) is 0. The van der Waals surface area contributed by atoms with Gasteiger partial charge in [-0.15, -0.1) is 0 Å². The molecule has 0 radical (unpaired) electrons. The average Bonchev–Trinajstić information content (AvgIpc) is 2.57. The number of aliphatic imine (C=N–C) groups is 1. The summed E-state index contributed by atoms with van der Waals surface area (Å²) in [6.07, 6.45) is 3.73. The number of rotatable bonds is 2. The molecule has 0 amide bonds. The quantitative estimate of drug-likeness (QED) is 0.814. The van der Waals surface area contributed by atoms with Gasteiger partial charge in [0.25, 0.3) is 0 Å². The summed E-state index contributed by atoms with van der Waals surface area (Å²) in [5.41, 5.74) is 6.71. The first-order valence-electron chi connectivity index (χ1n) is 6.25. The zero-order valence-electron chi connectivity index (χ0n) is 12.1. The van der Waals surface area contributed by atoms with Crippen molar-refractivity contribution in [3.8, 4) is 0 Å². The second-order valence-corrected chi connectivity index (χ2v) is 17.0. The fourth-order valence-corrected chi connectivity index (χ4v) is 4.04. The Morgan fingerprint density at radius 1 is 1.22 bits per heavy atom. The SMILES string of the molecule is C[Si](C)(C)n1cnc2c1NC(N)([Si](C)(C)C)N=C2. The summed E-state index contributed by atoms with van der Waals surface area (Å²) in [7, 11) is -3.15. The third kappa shape index (κ3) is 2.06. The number of hydrogen-bond acceptors (Lipinski definition) is 4. The summed E-state index contributed by atoms with van der Waals surface area (Å²) in [5.74, 6) is 1.04. The van der Waals surface area contributed by atoms with Crippen LogP contribution in [0.4, 0.5) is 5.82 Å². The standard InChI is InChI=1S/C11H23N5Si2/c1-17(2,3)11(12)14-7-9-10(15-11)16(8-13-9)18(4,5)6/h7-8,15H,12H2,1-6H3. The van der Waals surface area contributed by atoms with Gasteiger partial charge in [-0.3, -0.25) is 10.7 Å². The molecular formula is C11H23N5Si2. The predicted molar refractivity (Wildman–Crippen MR) is 82.5 cm³/mol. The van der Waals surface area contributed by atoms with Gasteiger partial charge in [0.05, 0.1) is 12.5 Å². The van der Waals surface area contributed by atoms with Crippen molar-refractivity contribution >= 4 is 28.3 Å². The Labute approximate surface area is 111 Å². The van der Waals surface area contributed by atoms with Gasteiger partial charge in [-0.2, -0.15) is 0 Å². The molecule has 1 aliphatic rings. The van der Waals surface area contributed by atoms with Crippen molar-refractivity contribution in [1.29, 1.82) is 0 Å². The molecule has 0 spiro atoms. The number of nitrogens with zero attached hydrogens (tertiary/aromatic N) is 3. The van der Waals surface area contributed by atoms with Crippen molar-refractivity contribution in [3.63, 3.8) is 0 Å². The van der Waals surface area contributed by atoms with E-state index in [1.807, 2.05) is 12.5 Å². The van der Waals surface area contributed by atoms with Gasteiger partial charge in [0.15, 0.2) is 13.6 Å². The van der Waals surface area contributed by atoms with E-state index in [9.17, 15) is 0 Å². The summed E-state index contributed by atoms with van der Waals surface area (Å²) in [5, 5.41) is 3.45. The summed E-state index contributed by atoms with van der Waals surface area (Å²) in [6.45, 7) is 13.5. The molecule has 1 atom stereocenters. The number of nitrogens with two attached hydrogens (primary N) is 1. The van der Waals surface area contributed by atoms with Crippen LogP contribution in [-0.2, 0) is 0 Å². The minimum atomic E-state index is -1.66. The lowest BCUT2D eigenvalue weighted by molar-refractivity contribution is 0.675. The molecule has 1 aromatic rings. The van der Waals surface area contributed by atoms with E-state index in [0.29, 0.717) is 0 Å². The van der Waals surface area contributed by atoms with Gasteiger partial charge in [0.1, 0.15) is 19.6 Å². The molecule has 7 heteroatoms. The highest BCUT2D eigenvalue weighted by Gasteiger charge is 2.43. The lowest BCUT2D eigenvalue weighted by Gasteiger charge is -2.40. The van der Waals surface area contributed by atoms with Crippen LogP contribution in [0.5, 0.6) is 0 Å². The van der Waals surface area contributed by atoms with Crippen LogP contribution in [0, 0.1) is 0 Å². The average molecular weight is 282 g/mol. The molecule has 0 aliphatic carbocycles. The maximum absolute atomic E-state index is 6.45. The molecule has 2 heterocycles. The lowest BCUT2D eigenvalue weighted by atomic mass is 10.4. The van der Waals surface area contributed by atoms with E-state index in [4.69, 9.17) is 5.73 Å². The highest BCUT2D eigenvalue weighted by Crippen LogP contribution is 2.29. The van der Waals surface area contributed by atoms with Crippen molar-refractivity contribution in [2.75, 3.05) is 5.32 Å². The first-order chi connectivity index (χ1) is 8.05. The zero-order valence-corrected chi connectivity index (χ0v) is 14.1. The van der Waals surface area contributed by atoms with Crippen LogP contribution in [0.2, 0.25) is 39.3 Å². The van der Waals surface area contributed by atoms with Crippen molar-refractivity contribution in [3.05, 3.63) is 12.0 Å². The molecule has 0 bridgehead atoms. The Kier molecular flexibility index (Phi) is 2.84. The Balaban J connectivity index is 2.48. The van der Waals surface area contributed by atoms with Crippen LogP contribution < -0.4 is 11.1 Å². The molecule has 3 N–H and O–H groups in total. The van der Waals surface area contributed by atoms with Gasteiger partial charge in [-0.1, -0.05) is 39.3 Å². The fraction of sp³-hybridized carbons (Fsp3) is 0.636. The molecule has 2 rings (SSSR count). The smallest absolute Gasteiger partial charge is 0.164 e. The first-order valence-corrected chi connectivity index (χ1v) is 13.2. The van der Waals surface area contributed by atoms with E-state index in [2.05, 4.69) is 58.8 Å². The predicted octanol–water partition coefficient (Wildman–Crippen LogP) is 1.90. The van der Waals surface area contributed by atoms with Crippen molar-refractivity contribution in [2.24, 2.45) is 10.7 Å². The van der Waals surface area contributed by atoms with Crippen LogP contribution >= 0.6 is 0 Å². The third-order valence-corrected chi connectivity index (χ3v) is 7.69. The molecule has 0 saturated heterocycles. The molecule has 0 fully saturated rings. The monoisotopic (exact) mass is 281 g/mol. The van der Waals surface area contributed by atoms with Crippen molar-refractivity contribution < 1.29 is 0 Å². The van der Waals surface area contributed by atoms with Gasteiger partial charge in [0, 0.05) is 0 Å². The number of aromatic nitrogens is 2. The number of hydrogen-bond donors (Lipinski definition) is 2. The highest BCUT2D eigenvalue weighted by atomic mass is 28.3. The number of imidazole rings is 1. The lowest BCUT2D eigenvalue weighted by Crippen LogP contribution is -2.64. The zero-order chi connectivity index (χ0) is 13.8. The Morgan fingerprint density at radius 2 is 1.83 bits per heavy atom. The van der Waals surface area contributed by atoms with E-state index in [1.165, 1.54) is 0 Å². The topological polar surface area (TPSA) is 68.2 Å². The summed E-state index contributed by atoms with van der Waals surface area (Å²) >= 11 is 0. The minimum Gasteiger partial charge on any atom is -0.346 e. The number of anilines is 1. The second kappa shape index (κ2) is 3.78. The Morgan fingerprint density at radius 3 is 2.33 bits per heavy atom. The van der Waals surface area contributed by atoms with Gasteiger partial charge in [-0.05, 0) is 0 Å². The maximum atomic E-state index is 6.45. The highest BCUT2D eigenvalue weighted by molar-refractivity contribution is 6.79. The fourth-order valence-electron chi connectivity index (χ4n) is 1.85. The largest absolute Gasteiger partial charge is 0.346 e. The number of nitrogens with one attached hydrogen (secondary N) is 1. The van der Waals surface area contributed by atoms with E-state index >= 15 is 0 Å². The van der Waals surface area contributed by atoms with Crippen LogP contribution in [0.15, 0.2) is 11.3 Å². The van der Waals surface area contributed by atoms with Crippen molar-refractivity contribution in [1.82, 2.24) is 9.22 Å². The molecule has 100 valence electrons. The molecular weight excluding hydrogens is 258 g/mol. The van der Waals surface area contributed by atoms with Crippen LogP contribution in [0.25, 0.3) is 0 Å². The third-order valence-electron chi connectivity index (χ3n) is 3.36. The normalized spacial score (nSPS) is 23.7. The maximum Gasteiger partial charge on any atom is 0.164 e. The van der Waals surface area contributed by atoms with E-state index in [-0.39, 0.29) is 0 Å². The van der Waals surface area contributed by atoms with Crippen LogP contribution in [0.3, 0.4) is 0 Å². The minimum absolute atomic E-state index is 0.641. The summed E-state index contributed by atoms with van der Waals surface area (Å²) < 4.78 is 2.26. The second-order valence-electron chi connectivity index (χ2n) is 6.92. The van der Waals surface area contributed by atoms with E-state index in [1.54, 1.807) is 0 Å². The van der Waals surface area contributed by atoms with Gasteiger partial charge in [-0.25, -0.2) is 4.98 Å². The van der Waals surface area contributed by atoms with Gasteiger partial charge in [0.2, 0.25) is 0 Å². The first kappa shape index (κ1) is 13.5. The molecule has 1 unspecified atom stereocenters. The van der Waals surface area contributed by atoms with E-state index < -0.39 is 21.7 Å².